The molecule has 1 aromatic rings. The number of rotatable bonds is 3. The van der Waals surface area contributed by atoms with Crippen molar-refractivity contribution in [1.29, 1.82) is 0 Å². The van der Waals surface area contributed by atoms with Crippen molar-refractivity contribution in [3.05, 3.63) is 35.4 Å². The molecule has 0 radical (unpaired) electrons. The molecule has 7 nitrogen and oxygen atoms in total. The summed E-state index contributed by atoms with van der Waals surface area (Å²) in [6, 6.07) is 7.88. The summed E-state index contributed by atoms with van der Waals surface area (Å²) in [4.78, 5) is 43.5. The normalized spacial score (nSPS) is 21.8. The van der Waals surface area contributed by atoms with Gasteiger partial charge in [0.1, 0.15) is 6.61 Å². The van der Waals surface area contributed by atoms with Gasteiger partial charge in [-0.1, -0.05) is 17.7 Å². The van der Waals surface area contributed by atoms with E-state index in [9.17, 15) is 14.4 Å². The van der Waals surface area contributed by atoms with Crippen LogP contribution < -0.4 is 0 Å². The molecule has 1 aromatic carbocycles. The molecular formula is C23H31N3O4. The summed E-state index contributed by atoms with van der Waals surface area (Å²) in [7, 11) is 0. The minimum atomic E-state index is -0.00589. The number of likely N-dealkylation sites (tertiary alicyclic amines) is 2. The van der Waals surface area contributed by atoms with Gasteiger partial charge in [-0.15, -0.1) is 0 Å². The van der Waals surface area contributed by atoms with Crippen LogP contribution in [0.15, 0.2) is 24.3 Å². The second kappa shape index (κ2) is 9.16. The van der Waals surface area contributed by atoms with Crippen molar-refractivity contribution >= 4 is 17.7 Å². The van der Waals surface area contributed by atoms with Crippen LogP contribution in [0.4, 0.5) is 0 Å². The Kier molecular flexibility index (Phi) is 6.37. The fraction of sp³-hybridized carbons (Fsp3) is 0.609. The lowest BCUT2D eigenvalue weighted by Gasteiger charge is -2.41. The molecule has 0 aliphatic carbocycles. The van der Waals surface area contributed by atoms with Crippen LogP contribution in [0.2, 0.25) is 0 Å². The van der Waals surface area contributed by atoms with Crippen molar-refractivity contribution in [1.82, 2.24) is 14.7 Å². The summed E-state index contributed by atoms with van der Waals surface area (Å²) >= 11 is 0. The zero-order valence-corrected chi connectivity index (χ0v) is 17.7. The molecule has 0 atom stereocenters. The quantitative estimate of drug-likeness (QED) is 0.756. The van der Waals surface area contributed by atoms with Crippen molar-refractivity contribution in [2.24, 2.45) is 5.92 Å². The first-order chi connectivity index (χ1) is 14.5. The second-order valence-corrected chi connectivity index (χ2v) is 8.63. The number of benzene rings is 1. The number of amides is 3. The van der Waals surface area contributed by atoms with Gasteiger partial charge < -0.3 is 19.4 Å². The van der Waals surface area contributed by atoms with Crippen molar-refractivity contribution in [2.75, 3.05) is 45.9 Å². The lowest BCUT2D eigenvalue weighted by molar-refractivity contribution is -0.148. The smallest absolute Gasteiger partial charge is 0.253 e. The molecule has 0 N–H and O–H groups in total. The van der Waals surface area contributed by atoms with Crippen molar-refractivity contribution < 1.29 is 19.1 Å². The fourth-order valence-electron chi connectivity index (χ4n) is 4.78. The molecule has 162 valence electrons. The summed E-state index contributed by atoms with van der Waals surface area (Å²) in [5, 5.41) is 0. The highest BCUT2D eigenvalue weighted by Gasteiger charge is 2.35. The fourth-order valence-corrected chi connectivity index (χ4v) is 4.78. The summed E-state index contributed by atoms with van der Waals surface area (Å²) in [6.07, 6.45) is 3.11. The molecule has 30 heavy (non-hydrogen) atoms. The Morgan fingerprint density at radius 2 is 1.53 bits per heavy atom. The van der Waals surface area contributed by atoms with Gasteiger partial charge in [0, 0.05) is 50.2 Å². The molecule has 7 heteroatoms. The van der Waals surface area contributed by atoms with E-state index in [1.165, 1.54) is 0 Å². The number of carbonyl (C=O) groups excluding carboxylic acids is 3. The molecule has 0 spiro atoms. The number of nitrogens with zero attached hydrogens (tertiary/aromatic N) is 3. The molecule has 4 rings (SSSR count). The van der Waals surface area contributed by atoms with Gasteiger partial charge in [-0.2, -0.15) is 0 Å². The molecule has 0 aromatic heterocycles. The van der Waals surface area contributed by atoms with E-state index in [0.717, 1.165) is 31.2 Å². The third kappa shape index (κ3) is 4.51. The Morgan fingerprint density at radius 3 is 2.17 bits per heavy atom. The number of piperidine rings is 2. The average Bonchev–Trinajstić information content (AvgIpc) is 2.79. The molecule has 3 amide bonds. The van der Waals surface area contributed by atoms with Gasteiger partial charge in [0.15, 0.2) is 0 Å². The number of hydrogen-bond donors (Lipinski definition) is 0. The molecule has 3 aliphatic heterocycles. The predicted octanol–water partition coefficient (Wildman–Crippen LogP) is 1.70. The maximum absolute atomic E-state index is 13.0. The van der Waals surface area contributed by atoms with Crippen molar-refractivity contribution in [3.8, 4) is 0 Å². The van der Waals surface area contributed by atoms with Crippen LogP contribution >= 0.6 is 0 Å². The van der Waals surface area contributed by atoms with E-state index in [1.54, 1.807) is 0 Å². The minimum absolute atomic E-state index is 0.00589. The van der Waals surface area contributed by atoms with Gasteiger partial charge in [-0.05, 0) is 44.7 Å². The molecule has 0 bridgehead atoms. The van der Waals surface area contributed by atoms with E-state index in [4.69, 9.17) is 4.74 Å². The number of aryl methyl sites for hydroxylation is 1. The van der Waals surface area contributed by atoms with Crippen LogP contribution in [0.3, 0.4) is 0 Å². The highest BCUT2D eigenvalue weighted by Crippen LogP contribution is 2.25. The number of morpholine rings is 1. The highest BCUT2D eigenvalue weighted by molar-refractivity contribution is 5.94. The van der Waals surface area contributed by atoms with Gasteiger partial charge in [0.05, 0.1) is 6.61 Å². The molecule has 3 heterocycles. The summed E-state index contributed by atoms with van der Waals surface area (Å²) in [5.41, 5.74) is 1.85. The standard InChI is InChI=1S/C23H31N3O4/c1-17-2-4-18(5-3-17)22(28)24-10-6-19(7-11-24)23(29)25-12-8-20(9-13-25)26-14-15-30-16-21(26)27/h2-5,19-20H,6-16H2,1H3. The van der Waals surface area contributed by atoms with Gasteiger partial charge in [-0.3, -0.25) is 14.4 Å². The maximum atomic E-state index is 13.0. The van der Waals surface area contributed by atoms with Gasteiger partial charge in [-0.25, -0.2) is 0 Å². The Bertz CT molecular complexity index is 778. The monoisotopic (exact) mass is 413 g/mol. The zero-order chi connectivity index (χ0) is 21.1. The third-order valence-electron chi connectivity index (χ3n) is 6.67. The van der Waals surface area contributed by atoms with E-state index in [-0.39, 0.29) is 36.3 Å². The summed E-state index contributed by atoms with van der Waals surface area (Å²) in [5.74, 6) is 0.325. The first-order valence-corrected chi connectivity index (χ1v) is 11.0. The number of hydrogen-bond acceptors (Lipinski definition) is 4. The van der Waals surface area contributed by atoms with Crippen LogP contribution in [0, 0.1) is 12.8 Å². The summed E-state index contributed by atoms with van der Waals surface area (Å²) in [6.45, 7) is 6.11. The Labute approximate surface area is 177 Å². The Hall–Kier alpha value is -2.41. The van der Waals surface area contributed by atoms with Crippen LogP contribution in [0.25, 0.3) is 0 Å². The topological polar surface area (TPSA) is 70.2 Å². The third-order valence-corrected chi connectivity index (χ3v) is 6.67. The van der Waals surface area contributed by atoms with E-state index in [2.05, 4.69) is 0 Å². The Morgan fingerprint density at radius 1 is 0.900 bits per heavy atom. The zero-order valence-electron chi connectivity index (χ0n) is 17.7. The van der Waals surface area contributed by atoms with Crippen LogP contribution in [-0.2, 0) is 14.3 Å². The van der Waals surface area contributed by atoms with E-state index in [1.807, 2.05) is 45.9 Å². The molecule has 0 saturated carbocycles. The van der Waals surface area contributed by atoms with Crippen molar-refractivity contribution in [3.63, 3.8) is 0 Å². The second-order valence-electron chi connectivity index (χ2n) is 8.63. The first kappa shape index (κ1) is 20.8. The number of ether oxygens (including phenoxy) is 1. The van der Waals surface area contributed by atoms with Gasteiger partial charge >= 0.3 is 0 Å². The average molecular weight is 414 g/mol. The molecule has 3 aliphatic rings. The first-order valence-electron chi connectivity index (χ1n) is 11.0. The molecular weight excluding hydrogens is 382 g/mol. The Balaban J connectivity index is 1.25. The van der Waals surface area contributed by atoms with Crippen LogP contribution in [-0.4, -0.2) is 84.4 Å². The minimum Gasteiger partial charge on any atom is -0.370 e. The van der Waals surface area contributed by atoms with E-state index < -0.39 is 0 Å². The predicted molar refractivity (Wildman–Crippen MR) is 112 cm³/mol. The van der Waals surface area contributed by atoms with Crippen LogP contribution in [0.1, 0.15) is 41.6 Å². The lowest BCUT2D eigenvalue weighted by Crippen LogP contribution is -2.53. The van der Waals surface area contributed by atoms with E-state index >= 15 is 0 Å². The highest BCUT2D eigenvalue weighted by atomic mass is 16.5. The summed E-state index contributed by atoms with van der Waals surface area (Å²) < 4.78 is 5.22. The number of carbonyl (C=O) groups is 3. The van der Waals surface area contributed by atoms with Crippen LogP contribution in [0.5, 0.6) is 0 Å². The lowest BCUT2D eigenvalue weighted by atomic mass is 9.93. The molecule has 3 fully saturated rings. The maximum Gasteiger partial charge on any atom is 0.253 e. The molecule has 0 unspecified atom stereocenters. The van der Waals surface area contributed by atoms with Gasteiger partial charge in [0.2, 0.25) is 11.8 Å². The SMILES string of the molecule is Cc1ccc(C(=O)N2CCC(C(=O)N3CCC(N4CCOCC4=O)CC3)CC2)cc1. The molecule has 3 saturated heterocycles. The van der Waals surface area contributed by atoms with Crippen molar-refractivity contribution in [2.45, 2.75) is 38.6 Å². The van der Waals surface area contributed by atoms with E-state index in [0.29, 0.717) is 44.9 Å². The largest absolute Gasteiger partial charge is 0.370 e. The van der Waals surface area contributed by atoms with Gasteiger partial charge in [0.25, 0.3) is 5.91 Å².